The maximum absolute atomic E-state index is 13.7. The first-order valence-electron chi connectivity index (χ1n) is 5.81. The molecule has 1 amide bonds. The van der Waals surface area contributed by atoms with Crippen LogP contribution in [0.5, 0.6) is 5.75 Å². The summed E-state index contributed by atoms with van der Waals surface area (Å²) in [4.78, 5) is 12.0. The van der Waals surface area contributed by atoms with E-state index in [4.69, 9.17) is 10.5 Å². The molecular formula is C14H11BrF2N2O2. The van der Waals surface area contributed by atoms with Crippen LogP contribution in [-0.2, 0) is 0 Å². The van der Waals surface area contributed by atoms with Crippen molar-refractivity contribution in [1.82, 2.24) is 0 Å². The van der Waals surface area contributed by atoms with Gasteiger partial charge in [-0.3, -0.25) is 4.79 Å². The van der Waals surface area contributed by atoms with Crippen LogP contribution < -0.4 is 15.8 Å². The van der Waals surface area contributed by atoms with Crippen LogP contribution in [0.15, 0.2) is 34.8 Å². The highest BCUT2D eigenvalue weighted by Gasteiger charge is 2.19. The van der Waals surface area contributed by atoms with Crippen LogP contribution in [0.3, 0.4) is 0 Å². The SMILES string of the molecule is COc1ccc(N)cc1NC(=O)c1c(F)cc(Br)cc1F. The molecule has 0 saturated heterocycles. The van der Waals surface area contributed by atoms with Gasteiger partial charge in [0, 0.05) is 10.2 Å². The topological polar surface area (TPSA) is 64.3 Å². The maximum atomic E-state index is 13.7. The quantitative estimate of drug-likeness (QED) is 0.826. The lowest BCUT2D eigenvalue weighted by Gasteiger charge is -2.12. The van der Waals surface area contributed by atoms with Crippen molar-refractivity contribution in [3.05, 3.63) is 52.0 Å². The van der Waals surface area contributed by atoms with E-state index in [1.807, 2.05) is 0 Å². The lowest BCUT2D eigenvalue weighted by molar-refractivity contribution is 0.101. The summed E-state index contributed by atoms with van der Waals surface area (Å²) in [6.45, 7) is 0. The van der Waals surface area contributed by atoms with E-state index < -0.39 is 23.1 Å². The molecule has 21 heavy (non-hydrogen) atoms. The number of carbonyl (C=O) groups is 1. The fourth-order valence-corrected chi connectivity index (χ4v) is 2.17. The molecule has 0 heterocycles. The fraction of sp³-hybridized carbons (Fsp3) is 0.0714. The third kappa shape index (κ3) is 3.30. The van der Waals surface area contributed by atoms with Gasteiger partial charge in [0.15, 0.2) is 0 Å². The number of carbonyl (C=O) groups excluding carboxylic acids is 1. The number of methoxy groups -OCH3 is 1. The Labute approximate surface area is 128 Å². The number of hydrogen-bond acceptors (Lipinski definition) is 3. The molecule has 110 valence electrons. The Morgan fingerprint density at radius 1 is 1.24 bits per heavy atom. The van der Waals surface area contributed by atoms with Crippen LogP contribution in [0.25, 0.3) is 0 Å². The molecule has 0 aliphatic carbocycles. The number of hydrogen-bond donors (Lipinski definition) is 2. The fourth-order valence-electron chi connectivity index (χ4n) is 1.77. The normalized spacial score (nSPS) is 10.3. The van der Waals surface area contributed by atoms with Gasteiger partial charge in [-0.1, -0.05) is 15.9 Å². The number of nitrogens with two attached hydrogens (primary N) is 1. The van der Waals surface area contributed by atoms with E-state index >= 15 is 0 Å². The Kier molecular flexibility index (Phi) is 4.42. The van der Waals surface area contributed by atoms with Crippen LogP contribution in [0.1, 0.15) is 10.4 Å². The highest BCUT2D eigenvalue weighted by molar-refractivity contribution is 9.10. The standard InChI is InChI=1S/C14H11BrF2N2O2/c1-21-12-3-2-8(18)6-11(12)19-14(20)13-9(16)4-7(15)5-10(13)17/h2-6H,18H2,1H3,(H,19,20). The molecule has 2 rings (SSSR count). The molecule has 0 fully saturated rings. The highest BCUT2D eigenvalue weighted by Crippen LogP contribution is 2.28. The molecule has 2 aromatic carbocycles. The number of anilines is 2. The van der Waals surface area contributed by atoms with E-state index in [0.29, 0.717) is 11.4 Å². The largest absolute Gasteiger partial charge is 0.495 e. The Hall–Kier alpha value is -2.15. The molecule has 0 unspecified atom stereocenters. The number of halogens is 3. The summed E-state index contributed by atoms with van der Waals surface area (Å²) in [5, 5.41) is 2.38. The molecule has 0 bridgehead atoms. The van der Waals surface area contributed by atoms with Gasteiger partial charge in [0.1, 0.15) is 22.9 Å². The second-order valence-corrected chi connectivity index (χ2v) is 5.07. The van der Waals surface area contributed by atoms with E-state index in [1.165, 1.54) is 13.2 Å². The molecule has 0 aliphatic heterocycles. The summed E-state index contributed by atoms with van der Waals surface area (Å²) in [6, 6.07) is 6.57. The van der Waals surface area contributed by atoms with Gasteiger partial charge in [0.05, 0.1) is 12.8 Å². The first kappa shape index (κ1) is 15.2. The van der Waals surface area contributed by atoms with Crippen molar-refractivity contribution in [3.63, 3.8) is 0 Å². The number of ether oxygens (including phenoxy) is 1. The van der Waals surface area contributed by atoms with Crippen molar-refractivity contribution < 1.29 is 18.3 Å². The van der Waals surface area contributed by atoms with Crippen LogP contribution in [0.4, 0.5) is 20.2 Å². The molecule has 0 atom stereocenters. The molecular weight excluding hydrogens is 346 g/mol. The molecule has 0 aromatic heterocycles. The summed E-state index contributed by atoms with van der Waals surface area (Å²) in [5.41, 5.74) is 5.54. The summed E-state index contributed by atoms with van der Waals surface area (Å²) in [6.07, 6.45) is 0. The molecule has 2 aromatic rings. The van der Waals surface area contributed by atoms with Crippen molar-refractivity contribution >= 4 is 33.2 Å². The van der Waals surface area contributed by atoms with Crippen LogP contribution in [0.2, 0.25) is 0 Å². The van der Waals surface area contributed by atoms with Crippen LogP contribution >= 0.6 is 15.9 Å². The van der Waals surface area contributed by atoms with E-state index in [9.17, 15) is 13.6 Å². The number of nitrogens with one attached hydrogen (secondary N) is 1. The molecule has 0 spiro atoms. The summed E-state index contributed by atoms with van der Waals surface area (Å²) < 4.78 is 32.7. The second-order valence-electron chi connectivity index (χ2n) is 4.16. The summed E-state index contributed by atoms with van der Waals surface area (Å²) in [5.74, 6) is -2.54. The van der Waals surface area contributed by atoms with Crippen molar-refractivity contribution in [2.75, 3.05) is 18.2 Å². The molecule has 0 saturated carbocycles. The minimum Gasteiger partial charge on any atom is -0.495 e. The second kappa shape index (κ2) is 6.09. The van der Waals surface area contributed by atoms with Gasteiger partial charge in [-0.05, 0) is 30.3 Å². The zero-order chi connectivity index (χ0) is 15.6. The molecule has 0 aliphatic rings. The Morgan fingerprint density at radius 2 is 1.86 bits per heavy atom. The number of benzene rings is 2. The maximum Gasteiger partial charge on any atom is 0.261 e. The molecule has 4 nitrogen and oxygen atoms in total. The molecule has 7 heteroatoms. The van der Waals surface area contributed by atoms with Gasteiger partial charge < -0.3 is 15.8 Å². The first-order chi connectivity index (χ1) is 9.92. The van der Waals surface area contributed by atoms with Gasteiger partial charge >= 0.3 is 0 Å². The third-order valence-electron chi connectivity index (χ3n) is 2.71. The Morgan fingerprint density at radius 3 is 2.43 bits per heavy atom. The van der Waals surface area contributed by atoms with Crippen LogP contribution in [0, 0.1) is 11.6 Å². The molecule has 0 radical (unpaired) electrons. The summed E-state index contributed by atoms with van der Waals surface area (Å²) >= 11 is 2.95. The monoisotopic (exact) mass is 356 g/mol. The Bertz CT molecular complexity index is 684. The lowest BCUT2D eigenvalue weighted by Crippen LogP contribution is -2.16. The van der Waals surface area contributed by atoms with E-state index in [2.05, 4.69) is 21.2 Å². The minimum atomic E-state index is -0.970. The first-order valence-corrected chi connectivity index (χ1v) is 6.61. The van der Waals surface area contributed by atoms with Crippen molar-refractivity contribution in [3.8, 4) is 5.75 Å². The third-order valence-corrected chi connectivity index (χ3v) is 3.16. The van der Waals surface area contributed by atoms with Gasteiger partial charge in [0.25, 0.3) is 5.91 Å². The van der Waals surface area contributed by atoms with E-state index in [1.54, 1.807) is 12.1 Å². The average molecular weight is 357 g/mol. The predicted molar refractivity (Wildman–Crippen MR) is 79.4 cm³/mol. The predicted octanol–water partition coefficient (Wildman–Crippen LogP) is 3.57. The van der Waals surface area contributed by atoms with Gasteiger partial charge in [-0.2, -0.15) is 0 Å². The summed E-state index contributed by atoms with van der Waals surface area (Å²) in [7, 11) is 1.40. The minimum absolute atomic E-state index is 0.204. The average Bonchev–Trinajstić information content (AvgIpc) is 2.37. The van der Waals surface area contributed by atoms with Gasteiger partial charge in [-0.25, -0.2) is 8.78 Å². The van der Waals surface area contributed by atoms with Gasteiger partial charge in [0.2, 0.25) is 0 Å². The van der Waals surface area contributed by atoms with Crippen molar-refractivity contribution in [2.45, 2.75) is 0 Å². The van der Waals surface area contributed by atoms with Gasteiger partial charge in [-0.15, -0.1) is 0 Å². The zero-order valence-electron chi connectivity index (χ0n) is 10.9. The number of rotatable bonds is 3. The zero-order valence-corrected chi connectivity index (χ0v) is 12.5. The number of nitrogen functional groups attached to an aromatic ring is 1. The van der Waals surface area contributed by atoms with E-state index in [-0.39, 0.29) is 10.2 Å². The number of amides is 1. The smallest absolute Gasteiger partial charge is 0.261 e. The lowest BCUT2D eigenvalue weighted by atomic mass is 10.1. The molecule has 3 N–H and O–H groups in total. The highest BCUT2D eigenvalue weighted by atomic mass is 79.9. The van der Waals surface area contributed by atoms with Crippen molar-refractivity contribution in [2.24, 2.45) is 0 Å². The Balaban J connectivity index is 2.37. The van der Waals surface area contributed by atoms with E-state index in [0.717, 1.165) is 12.1 Å². The van der Waals surface area contributed by atoms with Crippen molar-refractivity contribution in [1.29, 1.82) is 0 Å². The van der Waals surface area contributed by atoms with Crippen LogP contribution in [-0.4, -0.2) is 13.0 Å².